The van der Waals surface area contributed by atoms with Gasteiger partial charge in [-0.15, -0.1) is 0 Å². The van der Waals surface area contributed by atoms with Gasteiger partial charge in [-0.2, -0.15) is 0 Å². The summed E-state index contributed by atoms with van der Waals surface area (Å²) in [4.78, 5) is 0. The minimum absolute atomic E-state index is 0.664. The molecule has 0 bridgehead atoms. The monoisotopic (exact) mass is 341 g/mol. The van der Waals surface area contributed by atoms with Gasteiger partial charge in [0.25, 0.3) is 0 Å². The molecule has 2 aromatic rings. The second-order valence-corrected chi connectivity index (χ2v) is 12.9. The van der Waals surface area contributed by atoms with Gasteiger partial charge in [0.2, 0.25) is 0 Å². The van der Waals surface area contributed by atoms with Crippen molar-refractivity contribution in [1.82, 2.24) is 4.67 Å². The first-order chi connectivity index (χ1) is 10.1. The van der Waals surface area contributed by atoms with Crippen LogP contribution in [0.3, 0.4) is 0 Å². The Morgan fingerprint density at radius 2 is 1.19 bits per heavy atom. The van der Waals surface area contributed by atoms with E-state index in [9.17, 15) is 0 Å². The second kappa shape index (κ2) is 5.87. The number of ether oxygens (including phenoxy) is 1. The van der Waals surface area contributed by atoms with Crippen molar-refractivity contribution in [3.05, 3.63) is 60.7 Å². The molecular formula is C16H18Cl2NOP. The molecule has 0 spiro atoms. The van der Waals surface area contributed by atoms with Crippen molar-refractivity contribution in [2.45, 2.75) is 0 Å². The molecule has 0 N–H and O–H groups in total. The van der Waals surface area contributed by atoms with Crippen LogP contribution < -0.4 is 10.6 Å². The fraction of sp³-hybridized carbons (Fsp3) is 0.250. The van der Waals surface area contributed by atoms with Gasteiger partial charge in [0, 0.05) is 0 Å². The van der Waals surface area contributed by atoms with Crippen LogP contribution in [0.1, 0.15) is 0 Å². The van der Waals surface area contributed by atoms with Crippen molar-refractivity contribution in [3.63, 3.8) is 0 Å². The molecule has 0 saturated carbocycles. The SMILES string of the molecule is ClP(Cl)(c1ccccc1)(c1ccccc1)N1CCOCC1. The van der Waals surface area contributed by atoms with E-state index in [0.29, 0.717) is 13.2 Å². The van der Waals surface area contributed by atoms with Crippen LogP contribution in [0.4, 0.5) is 0 Å². The molecule has 1 heterocycles. The molecule has 2 nitrogen and oxygen atoms in total. The Morgan fingerprint density at radius 1 is 0.762 bits per heavy atom. The maximum absolute atomic E-state index is 7.29. The Balaban J connectivity index is 2.19. The number of rotatable bonds is 3. The van der Waals surface area contributed by atoms with Crippen LogP contribution in [0.2, 0.25) is 0 Å². The number of nitrogens with zero attached hydrogens (tertiary/aromatic N) is 1. The average molecular weight is 342 g/mol. The summed E-state index contributed by atoms with van der Waals surface area (Å²) in [5.41, 5.74) is -3.40. The predicted octanol–water partition coefficient (Wildman–Crippen LogP) is 3.75. The molecule has 1 aliphatic heterocycles. The van der Waals surface area contributed by atoms with Crippen molar-refractivity contribution in [3.8, 4) is 0 Å². The van der Waals surface area contributed by atoms with Crippen LogP contribution in [-0.4, -0.2) is 31.0 Å². The average Bonchev–Trinajstić information content (AvgIpc) is 2.57. The number of hydrogen-bond acceptors (Lipinski definition) is 2. The zero-order valence-electron chi connectivity index (χ0n) is 11.7. The molecular weight excluding hydrogens is 324 g/mol. The predicted molar refractivity (Wildman–Crippen MR) is 93.2 cm³/mol. The fourth-order valence-electron chi connectivity index (χ4n) is 2.74. The Hall–Kier alpha value is -0.630. The molecule has 0 aromatic heterocycles. The molecule has 112 valence electrons. The van der Waals surface area contributed by atoms with Crippen molar-refractivity contribution in [2.75, 3.05) is 26.3 Å². The zero-order valence-corrected chi connectivity index (χ0v) is 14.1. The van der Waals surface area contributed by atoms with E-state index in [0.717, 1.165) is 23.7 Å². The molecule has 0 amide bonds. The molecule has 1 fully saturated rings. The van der Waals surface area contributed by atoms with E-state index in [1.807, 2.05) is 60.7 Å². The summed E-state index contributed by atoms with van der Waals surface area (Å²) in [6.07, 6.45) is 0. The van der Waals surface area contributed by atoms with Gasteiger partial charge in [-0.1, -0.05) is 0 Å². The van der Waals surface area contributed by atoms with Crippen LogP contribution in [0.15, 0.2) is 60.7 Å². The summed E-state index contributed by atoms with van der Waals surface area (Å²) in [6.45, 7) is 2.82. The first kappa shape index (κ1) is 15.3. The summed E-state index contributed by atoms with van der Waals surface area (Å²) >= 11 is 14.6. The Kier molecular flexibility index (Phi) is 4.27. The number of halogens is 2. The van der Waals surface area contributed by atoms with E-state index >= 15 is 0 Å². The van der Waals surface area contributed by atoms with E-state index < -0.39 is 5.46 Å². The summed E-state index contributed by atoms with van der Waals surface area (Å²) in [5.74, 6) is 0. The molecule has 2 aromatic carbocycles. The minimum atomic E-state index is -3.40. The normalized spacial score (nSPS) is 18.9. The van der Waals surface area contributed by atoms with E-state index in [2.05, 4.69) is 4.67 Å². The van der Waals surface area contributed by atoms with E-state index in [4.69, 9.17) is 27.2 Å². The number of hydrogen-bond donors (Lipinski definition) is 0. The van der Waals surface area contributed by atoms with Gasteiger partial charge in [-0.3, -0.25) is 0 Å². The van der Waals surface area contributed by atoms with E-state index in [1.165, 1.54) is 0 Å². The first-order valence-electron chi connectivity index (χ1n) is 7.02. The molecule has 0 unspecified atom stereocenters. The molecule has 21 heavy (non-hydrogen) atoms. The molecule has 1 saturated heterocycles. The fourth-order valence-corrected chi connectivity index (χ4v) is 8.18. The van der Waals surface area contributed by atoms with Crippen LogP contribution in [0.25, 0.3) is 0 Å². The van der Waals surface area contributed by atoms with Crippen LogP contribution in [-0.2, 0) is 4.74 Å². The van der Waals surface area contributed by atoms with Gasteiger partial charge in [0.15, 0.2) is 0 Å². The Labute approximate surface area is 135 Å². The molecule has 1 aliphatic rings. The third-order valence-corrected chi connectivity index (χ3v) is 11.2. The summed E-state index contributed by atoms with van der Waals surface area (Å²) in [6, 6.07) is 20.0. The molecule has 3 rings (SSSR count). The molecule has 0 radical (unpaired) electrons. The van der Waals surface area contributed by atoms with Crippen molar-refractivity contribution < 1.29 is 4.74 Å². The van der Waals surface area contributed by atoms with Crippen molar-refractivity contribution >= 4 is 38.6 Å². The standard InChI is InChI=1S/C16H18Cl2NOP/c17-21(18,15-7-3-1-4-8-15,16-9-5-2-6-10-16)19-11-13-20-14-12-19/h1-10H,11-14H2. The van der Waals surface area contributed by atoms with Crippen LogP contribution in [0.5, 0.6) is 0 Å². The Morgan fingerprint density at radius 3 is 1.62 bits per heavy atom. The molecule has 5 heteroatoms. The zero-order chi connectivity index (χ0) is 14.8. The number of benzene rings is 2. The first-order valence-corrected chi connectivity index (χ1v) is 11.0. The molecule has 0 aliphatic carbocycles. The van der Waals surface area contributed by atoms with Crippen molar-refractivity contribution in [2.24, 2.45) is 0 Å². The second-order valence-electron chi connectivity index (χ2n) is 5.10. The summed E-state index contributed by atoms with van der Waals surface area (Å²) in [7, 11) is 0. The maximum atomic E-state index is 7.29. The number of morpholine rings is 1. The van der Waals surface area contributed by atoms with Gasteiger partial charge < -0.3 is 0 Å². The molecule has 0 atom stereocenters. The van der Waals surface area contributed by atoms with Crippen molar-refractivity contribution in [1.29, 1.82) is 0 Å². The Bertz CT molecular complexity index is 557. The topological polar surface area (TPSA) is 12.5 Å². The summed E-state index contributed by atoms with van der Waals surface area (Å²) in [5, 5.41) is 1.97. The van der Waals surface area contributed by atoms with Gasteiger partial charge in [0.1, 0.15) is 0 Å². The van der Waals surface area contributed by atoms with Gasteiger partial charge in [-0.05, 0) is 0 Å². The third kappa shape index (κ3) is 2.60. The van der Waals surface area contributed by atoms with Gasteiger partial charge in [-0.25, -0.2) is 0 Å². The van der Waals surface area contributed by atoms with Crippen LogP contribution >= 0.6 is 27.9 Å². The quantitative estimate of drug-likeness (QED) is 0.788. The van der Waals surface area contributed by atoms with Gasteiger partial charge in [0.05, 0.1) is 0 Å². The van der Waals surface area contributed by atoms with Gasteiger partial charge >= 0.3 is 135 Å². The van der Waals surface area contributed by atoms with E-state index in [-0.39, 0.29) is 0 Å². The van der Waals surface area contributed by atoms with E-state index in [1.54, 1.807) is 0 Å². The third-order valence-electron chi connectivity index (χ3n) is 3.88. The van der Waals surface area contributed by atoms with Crippen LogP contribution in [0, 0.1) is 0 Å². The summed E-state index contributed by atoms with van der Waals surface area (Å²) < 4.78 is 7.68.